The Labute approximate surface area is 409 Å². The number of unbranched alkanes of at least 4 members (excludes halogenated alkanes) is 29. The molecule has 0 bridgehead atoms. The minimum Gasteiger partial charge on any atom is -0.251 e. The zero-order valence-corrected chi connectivity index (χ0v) is 43.7. The minimum atomic E-state index is 0. The van der Waals surface area contributed by atoms with Gasteiger partial charge in [-0.1, -0.05) is 249 Å². The van der Waals surface area contributed by atoms with E-state index in [4.69, 9.17) is 9.98 Å². The fraction of sp³-hybridized carbons (Fsp3) is 0.705. The summed E-state index contributed by atoms with van der Waals surface area (Å²) in [5, 5.41) is 0. The number of nitrogens with zero attached hydrogens (tertiary/aromatic N) is 2. The van der Waals surface area contributed by atoms with E-state index in [0.29, 0.717) is 0 Å². The van der Waals surface area contributed by atoms with Crippen LogP contribution < -0.4 is 0 Å². The number of aliphatic imine (C=N–C) groups is 2. The fourth-order valence-electron chi connectivity index (χ4n) is 8.87. The van der Waals surface area contributed by atoms with Gasteiger partial charge in [-0.15, -0.1) is 0 Å². The first kappa shape index (κ1) is 59.8. The molecule has 0 aliphatic heterocycles. The van der Waals surface area contributed by atoms with E-state index in [-0.39, 0.29) is 16.5 Å². The van der Waals surface area contributed by atoms with Gasteiger partial charge in [-0.3, -0.25) is 9.98 Å². The molecule has 0 aliphatic rings. The molecule has 0 unspecified atom stereocenters. The average Bonchev–Trinajstić information content (AvgIpc) is 3.30. The minimum absolute atomic E-state index is 0. The predicted octanol–water partition coefficient (Wildman–Crippen LogP) is 21.2. The van der Waals surface area contributed by atoms with Gasteiger partial charge in [0, 0.05) is 16.5 Å². The molecule has 2 aromatic rings. The van der Waals surface area contributed by atoms with Crippen LogP contribution in [0.15, 0.2) is 82.8 Å². The number of rotatable bonds is 44. The van der Waals surface area contributed by atoms with E-state index < -0.39 is 0 Å². The molecule has 0 aromatic heterocycles. The Balaban J connectivity index is 0.0000205. The number of para-hydroxylation sites is 2. The molecule has 0 heterocycles. The summed E-state index contributed by atoms with van der Waals surface area (Å²) >= 11 is 0. The van der Waals surface area contributed by atoms with Crippen molar-refractivity contribution in [3.63, 3.8) is 0 Å². The Kier molecular flexibility index (Phi) is 42.9. The first-order valence-corrected chi connectivity index (χ1v) is 27.8. The molecule has 0 radical (unpaired) electrons. The number of allylic oxidation sites excluding steroid dienone is 4. The van der Waals surface area contributed by atoms with Gasteiger partial charge in [0.05, 0.1) is 22.8 Å². The normalized spacial score (nSPS) is 12.2. The molecule has 2 aromatic carbocycles. The summed E-state index contributed by atoms with van der Waals surface area (Å²) in [5.41, 5.74) is 7.47. The van der Waals surface area contributed by atoms with Gasteiger partial charge in [0.25, 0.3) is 0 Å². The van der Waals surface area contributed by atoms with Crippen LogP contribution in [0.1, 0.15) is 276 Å². The molecule has 2 nitrogen and oxygen atoms in total. The van der Waals surface area contributed by atoms with Crippen LogP contribution in [0.2, 0.25) is 0 Å². The van der Waals surface area contributed by atoms with Gasteiger partial charge in [0.15, 0.2) is 0 Å². The molecule has 0 atom stereocenters. The maximum atomic E-state index is 5.51. The van der Waals surface area contributed by atoms with E-state index in [1.807, 2.05) is 0 Å². The molecule has 0 saturated carbocycles. The first-order valence-electron chi connectivity index (χ1n) is 27.8. The average molecular weight is 922 g/mol. The van der Waals surface area contributed by atoms with Gasteiger partial charge < -0.3 is 0 Å². The van der Waals surface area contributed by atoms with Crippen molar-refractivity contribution in [2.75, 3.05) is 0 Å². The molecule has 0 N–H and O–H groups in total. The quantitative estimate of drug-likeness (QED) is 0.0274. The summed E-state index contributed by atoms with van der Waals surface area (Å²) in [5.74, 6) is 0. The van der Waals surface area contributed by atoms with Crippen LogP contribution >= 0.6 is 0 Å². The molecule has 0 fully saturated rings. The molecule has 2 rings (SSSR count). The Hall–Kier alpha value is -2.25. The van der Waals surface area contributed by atoms with Crippen molar-refractivity contribution in [1.82, 2.24) is 0 Å². The van der Waals surface area contributed by atoms with Crippen LogP contribution in [-0.4, -0.2) is 11.4 Å². The summed E-state index contributed by atoms with van der Waals surface area (Å²) in [6.45, 7) is 9.21. The zero-order chi connectivity index (χ0) is 44.9. The van der Waals surface area contributed by atoms with Crippen LogP contribution in [0, 0.1) is 0 Å². The third-order valence-electron chi connectivity index (χ3n) is 13.0. The summed E-state index contributed by atoms with van der Waals surface area (Å²) in [7, 11) is 0. The first-order chi connectivity index (χ1) is 31.2. The summed E-state index contributed by atoms with van der Waals surface area (Å²) in [6.07, 6.45) is 61.0. The molecule has 64 heavy (non-hydrogen) atoms. The number of aryl methyl sites for hydroxylation is 2. The third kappa shape index (κ3) is 33.3. The summed E-state index contributed by atoms with van der Waals surface area (Å²) < 4.78 is 0. The van der Waals surface area contributed by atoms with Gasteiger partial charge in [-0.05, 0) is 113 Å². The molecule has 3 heteroatoms. The van der Waals surface area contributed by atoms with Gasteiger partial charge in [0.1, 0.15) is 0 Å². The van der Waals surface area contributed by atoms with E-state index in [0.717, 1.165) is 62.7 Å². The van der Waals surface area contributed by atoms with Crippen LogP contribution in [0.4, 0.5) is 11.4 Å². The van der Waals surface area contributed by atoms with Crippen molar-refractivity contribution in [2.45, 2.75) is 278 Å². The molecule has 0 aliphatic carbocycles. The van der Waals surface area contributed by atoms with Crippen LogP contribution in [0.5, 0.6) is 0 Å². The largest absolute Gasteiger partial charge is 0.251 e. The van der Waals surface area contributed by atoms with Gasteiger partial charge in [-0.25, -0.2) is 0 Å². The van der Waals surface area contributed by atoms with Crippen molar-refractivity contribution >= 4 is 22.8 Å². The van der Waals surface area contributed by atoms with E-state index in [1.54, 1.807) is 0 Å². The van der Waals surface area contributed by atoms with Gasteiger partial charge >= 0.3 is 0 Å². The van der Waals surface area contributed by atoms with Crippen LogP contribution in [-0.2, 0) is 29.3 Å². The number of hydrogen-bond donors (Lipinski definition) is 0. The fourth-order valence-corrected chi connectivity index (χ4v) is 8.87. The Bertz CT molecular complexity index is 1440. The Morgan fingerprint density at radius 1 is 0.328 bits per heavy atom. The summed E-state index contributed by atoms with van der Waals surface area (Å²) in [4.78, 5) is 11.0. The van der Waals surface area contributed by atoms with Crippen molar-refractivity contribution in [3.8, 4) is 0 Å². The van der Waals surface area contributed by atoms with Gasteiger partial charge in [-0.2, -0.15) is 0 Å². The smallest absolute Gasteiger partial charge is 0.0665 e. The third-order valence-corrected chi connectivity index (χ3v) is 13.0. The van der Waals surface area contributed by atoms with Crippen molar-refractivity contribution in [2.24, 2.45) is 9.98 Å². The second kappa shape index (κ2) is 45.9. The Morgan fingerprint density at radius 2 is 0.609 bits per heavy atom. The van der Waals surface area contributed by atoms with Crippen molar-refractivity contribution in [1.29, 1.82) is 0 Å². The molecule has 366 valence electrons. The zero-order valence-electron chi connectivity index (χ0n) is 42.7. The van der Waals surface area contributed by atoms with Crippen LogP contribution in [0.3, 0.4) is 0 Å². The van der Waals surface area contributed by atoms with E-state index in [1.165, 1.54) is 222 Å². The number of hydrogen-bond acceptors (Lipinski definition) is 2. The van der Waals surface area contributed by atoms with Crippen molar-refractivity contribution < 1.29 is 16.5 Å². The van der Waals surface area contributed by atoms with Gasteiger partial charge in [0.2, 0.25) is 0 Å². The predicted molar refractivity (Wildman–Crippen MR) is 286 cm³/mol. The maximum Gasteiger partial charge on any atom is 0.0665 e. The molecule has 0 saturated heterocycles. The molecule has 0 spiro atoms. The van der Waals surface area contributed by atoms with E-state index in [9.17, 15) is 0 Å². The monoisotopic (exact) mass is 921 g/mol. The molecular weight excluding hydrogens is 819 g/mol. The second-order valence-electron chi connectivity index (χ2n) is 19.0. The van der Waals surface area contributed by atoms with Crippen LogP contribution in [0.25, 0.3) is 0 Å². The summed E-state index contributed by atoms with van der Waals surface area (Å²) in [6, 6.07) is 17.9. The maximum absolute atomic E-state index is 5.51. The van der Waals surface area contributed by atoms with E-state index in [2.05, 4.69) is 101 Å². The standard InChI is InChI=1S/C61H102N2.Ni/c1-5-9-13-15-17-19-21-23-25-27-29-31-33-35-37-39-42-48-56-50-44-46-53-58(56)62-60(52-12-8-4)61(55-41-11-7-3)63-59-54-47-45-51-57(59)49-43-40-38-36-34-32-30-28-26-24-22-20-18-16-14-10-6-2;/h35-38,44-47,50-51,53-54H,5-34,39-43,48-49,52,55H2,1-4H3;/b37-35+,38-36+,62-60?,63-61?;. The topological polar surface area (TPSA) is 24.7 Å². The molecular formula is C61H102N2Ni. The molecule has 0 amide bonds. The Morgan fingerprint density at radius 3 is 0.969 bits per heavy atom. The SMILES string of the molecule is CCCCCCCCCCCCCC/C=C/CCCc1ccccc1N=C(CCCC)C(CCCCC)=Nc1ccccc1CCC/C=C/CCCCCCCCCCCCCC.[Ni]. The number of benzene rings is 2. The van der Waals surface area contributed by atoms with E-state index >= 15 is 0 Å². The second-order valence-corrected chi connectivity index (χ2v) is 19.0. The van der Waals surface area contributed by atoms with Crippen molar-refractivity contribution in [3.05, 3.63) is 84.0 Å².